The van der Waals surface area contributed by atoms with E-state index in [2.05, 4.69) is 143 Å². The summed E-state index contributed by atoms with van der Waals surface area (Å²) in [6.45, 7) is 0. The zero-order valence-corrected chi connectivity index (χ0v) is 23.3. The molecule has 0 saturated carbocycles. The Bertz CT molecular complexity index is 2150. The van der Waals surface area contributed by atoms with Crippen LogP contribution >= 0.6 is 27.3 Å². The fourth-order valence-corrected chi connectivity index (χ4v) is 9.00. The van der Waals surface area contributed by atoms with Crippen LogP contribution in [-0.2, 0) is 5.41 Å². The first-order valence-electron chi connectivity index (χ1n) is 13.3. The monoisotopic (exact) mass is 576 g/mol. The Hall–Kier alpha value is -3.98. The highest BCUT2D eigenvalue weighted by molar-refractivity contribution is 9.10. The van der Waals surface area contributed by atoms with Crippen LogP contribution in [0.3, 0.4) is 0 Å². The lowest BCUT2D eigenvalue weighted by Gasteiger charge is -2.35. The largest absolute Gasteiger partial charge is 0.135 e. The number of thiophene rings is 1. The Morgan fingerprint density at radius 2 is 1.03 bits per heavy atom. The van der Waals surface area contributed by atoms with Gasteiger partial charge in [0.15, 0.2) is 0 Å². The van der Waals surface area contributed by atoms with Crippen LogP contribution in [0.1, 0.15) is 22.3 Å². The smallest absolute Gasteiger partial charge is 0.0739 e. The third-order valence-electron chi connectivity index (χ3n) is 8.77. The van der Waals surface area contributed by atoms with E-state index >= 15 is 0 Å². The SMILES string of the molecule is Brc1ccc2c(c1)C1(c3ccccc3-c3ccccc3-2)c2ccccc2-c2ccc3c(sc4ccccc43)c21. The van der Waals surface area contributed by atoms with Crippen LogP contribution in [0.5, 0.6) is 0 Å². The van der Waals surface area contributed by atoms with E-state index in [9.17, 15) is 0 Å². The number of halogens is 1. The summed E-state index contributed by atoms with van der Waals surface area (Å²) < 4.78 is 3.83. The van der Waals surface area contributed by atoms with Crippen LogP contribution in [0, 0.1) is 0 Å². The molecule has 1 heterocycles. The molecule has 182 valence electrons. The van der Waals surface area contributed by atoms with Gasteiger partial charge < -0.3 is 0 Å². The number of benzene rings is 6. The van der Waals surface area contributed by atoms with E-state index in [0.29, 0.717) is 0 Å². The highest BCUT2D eigenvalue weighted by Crippen LogP contribution is 2.63. The van der Waals surface area contributed by atoms with Crippen molar-refractivity contribution < 1.29 is 0 Å². The van der Waals surface area contributed by atoms with Crippen molar-refractivity contribution in [3.63, 3.8) is 0 Å². The van der Waals surface area contributed by atoms with E-state index in [1.165, 1.54) is 75.8 Å². The predicted octanol–water partition coefficient (Wildman–Crippen LogP) is 10.8. The fraction of sp³-hybridized carbons (Fsp3) is 0.0270. The van der Waals surface area contributed by atoms with Gasteiger partial charge in [-0.15, -0.1) is 11.3 Å². The molecule has 7 aromatic rings. The molecule has 1 aromatic heterocycles. The number of rotatable bonds is 0. The molecule has 0 radical (unpaired) electrons. The normalized spacial score (nSPS) is 16.4. The van der Waals surface area contributed by atoms with Gasteiger partial charge >= 0.3 is 0 Å². The Balaban J connectivity index is 1.59. The Labute approximate surface area is 239 Å². The van der Waals surface area contributed by atoms with Crippen molar-refractivity contribution in [2.24, 2.45) is 0 Å². The predicted molar refractivity (Wildman–Crippen MR) is 169 cm³/mol. The van der Waals surface area contributed by atoms with Crippen molar-refractivity contribution in [3.8, 4) is 33.4 Å². The first-order valence-corrected chi connectivity index (χ1v) is 14.9. The van der Waals surface area contributed by atoms with Gasteiger partial charge in [-0.1, -0.05) is 125 Å². The van der Waals surface area contributed by atoms with Crippen molar-refractivity contribution in [3.05, 3.63) is 154 Å². The van der Waals surface area contributed by atoms with E-state index < -0.39 is 5.41 Å². The maximum atomic E-state index is 3.89. The Morgan fingerprint density at radius 3 is 1.77 bits per heavy atom. The summed E-state index contributed by atoms with van der Waals surface area (Å²) in [5.74, 6) is 0. The van der Waals surface area contributed by atoms with Crippen molar-refractivity contribution >= 4 is 47.4 Å². The minimum absolute atomic E-state index is 0.457. The second-order valence-corrected chi connectivity index (χ2v) is 12.5. The molecular formula is C37H21BrS. The topological polar surface area (TPSA) is 0 Å². The van der Waals surface area contributed by atoms with Gasteiger partial charge in [0.1, 0.15) is 0 Å². The van der Waals surface area contributed by atoms with Crippen LogP contribution in [0.2, 0.25) is 0 Å². The van der Waals surface area contributed by atoms with Crippen LogP contribution < -0.4 is 0 Å². The number of fused-ring (bicyclic) bond motifs is 16. The molecular weight excluding hydrogens is 556 g/mol. The van der Waals surface area contributed by atoms with E-state index in [-0.39, 0.29) is 0 Å². The van der Waals surface area contributed by atoms with E-state index in [4.69, 9.17) is 0 Å². The third kappa shape index (κ3) is 2.68. The van der Waals surface area contributed by atoms with Gasteiger partial charge in [-0.2, -0.15) is 0 Å². The summed E-state index contributed by atoms with van der Waals surface area (Å²) in [4.78, 5) is 0. The average Bonchev–Trinajstić information content (AvgIpc) is 3.48. The maximum Gasteiger partial charge on any atom is 0.0739 e. The lowest BCUT2D eigenvalue weighted by molar-refractivity contribution is 0.783. The van der Waals surface area contributed by atoms with Crippen LogP contribution in [0.15, 0.2) is 132 Å². The molecule has 2 heteroatoms. The molecule has 1 unspecified atom stereocenters. The highest BCUT2D eigenvalue weighted by atomic mass is 79.9. The standard InChI is InChI=1S/C37H21BrS/c38-22-17-18-27-24-10-2-1-9-23(24)25-11-3-6-14-31(25)37(33(27)21-22)32-15-7-4-12-26(32)29-19-20-30-28-13-5-8-16-34(28)39-36(30)35(29)37/h1-21H. The molecule has 0 nitrogen and oxygen atoms in total. The van der Waals surface area contributed by atoms with Crippen LogP contribution in [0.4, 0.5) is 0 Å². The average molecular weight is 578 g/mol. The summed E-state index contributed by atoms with van der Waals surface area (Å²) in [6, 6.07) is 47.6. The molecule has 1 spiro atoms. The van der Waals surface area contributed by atoms with Gasteiger partial charge in [0.05, 0.1) is 5.41 Å². The zero-order chi connectivity index (χ0) is 25.7. The first kappa shape index (κ1) is 21.9. The summed E-state index contributed by atoms with van der Waals surface area (Å²) in [5.41, 5.74) is 12.9. The highest BCUT2D eigenvalue weighted by Gasteiger charge is 2.51. The summed E-state index contributed by atoms with van der Waals surface area (Å²) in [7, 11) is 0. The maximum absolute atomic E-state index is 3.89. The van der Waals surface area contributed by atoms with Crippen molar-refractivity contribution in [1.82, 2.24) is 0 Å². The Morgan fingerprint density at radius 1 is 0.462 bits per heavy atom. The second-order valence-electron chi connectivity index (χ2n) is 10.5. The molecule has 0 N–H and O–H groups in total. The number of hydrogen-bond donors (Lipinski definition) is 0. The van der Waals surface area contributed by atoms with E-state index in [0.717, 1.165) is 4.47 Å². The molecule has 2 aliphatic carbocycles. The van der Waals surface area contributed by atoms with Crippen molar-refractivity contribution in [2.45, 2.75) is 5.41 Å². The molecule has 2 aliphatic rings. The second kappa shape index (κ2) is 7.79. The molecule has 9 rings (SSSR count). The molecule has 0 amide bonds. The minimum atomic E-state index is -0.457. The van der Waals surface area contributed by atoms with Crippen molar-refractivity contribution in [1.29, 1.82) is 0 Å². The van der Waals surface area contributed by atoms with Gasteiger partial charge in [0.25, 0.3) is 0 Å². The van der Waals surface area contributed by atoms with Crippen LogP contribution in [0.25, 0.3) is 53.6 Å². The van der Waals surface area contributed by atoms with E-state index in [1.54, 1.807) is 0 Å². The fourth-order valence-electron chi connectivity index (χ4n) is 7.33. The molecule has 0 bridgehead atoms. The Kier molecular flexibility index (Phi) is 4.37. The molecule has 0 saturated heterocycles. The lowest BCUT2D eigenvalue weighted by atomic mass is 9.66. The molecule has 0 fully saturated rings. The third-order valence-corrected chi connectivity index (χ3v) is 10.5. The summed E-state index contributed by atoms with van der Waals surface area (Å²) in [5, 5.41) is 2.68. The quantitative estimate of drug-likeness (QED) is 0.168. The van der Waals surface area contributed by atoms with Gasteiger partial charge in [0.2, 0.25) is 0 Å². The van der Waals surface area contributed by atoms with Crippen molar-refractivity contribution in [2.75, 3.05) is 0 Å². The molecule has 6 aromatic carbocycles. The summed E-state index contributed by atoms with van der Waals surface area (Å²) in [6.07, 6.45) is 0. The molecule has 0 aliphatic heterocycles. The van der Waals surface area contributed by atoms with E-state index in [1.807, 2.05) is 11.3 Å². The molecule has 39 heavy (non-hydrogen) atoms. The minimum Gasteiger partial charge on any atom is -0.135 e. The zero-order valence-electron chi connectivity index (χ0n) is 20.9. The van der Waals surface area contributed by atoms with Crippen LogP contribution in [-0.4, -0.2) is 0 Å². The van der Waals surface area contributed by atoms with Gasteiger partial charge in [-0.25, -0.2) is 0 Å². The van der Waals surface area contributed by atoms with Gasteiger partial charge in [0, 0.05) is 24.6 Å². The number of hydrogen-bond acceptors (Lipinski definition) is 1. The lowest BCUT2D eigenvalue weighted by Crippen LogP contribution is -2.29. The van der Waals surface area contributed by atoms with Gasteiger partial charge in [-0.05, 0) is 73.8 Å². The van der Waals surface area contributed by atoms with Gasteiger partial charge in [-0.3, -0.25) is 0 Å². The molecule has 1 atom stereocenters. The first-order chi connectivity index (χ1) is 19.3. The summed E-state index contributed by atoms with van der Waals surface area (Å²) >= 11 is 5.82.